The molecule has 0 saturated carbocycles. The number of thioether (sulfide) groups is 1. The Morgan fingerprint density at radius 3 is 2.59 bits per heavy atom. The van der Waals surface area contributed by atoms with Crippen LogP contribution >= 0.6 is 24.0 Å². The van der Waals surface area contributed by atoms with Crippen LogP contribution in [0.15, 0.2) is 29.2 Å². The van der Waals surface area contributed by atoms with Crippen molar-refractivity contribution in [3.05, 3.63) is 34.7 Å². The number of benzene rings is 1. The maximum Gasteiger partial charge on any atom is 0.266 e. The van der Waals surface area contributed by atoms with Crippen LogP contribution in [0.5, 0.6) is 5.75 Å². The highest BCUT2D eigenvalue weighted by atomic mass is 32.2. The van der Waals surface area contributed by atoms with Gasteiger partial charge in [0.25, 0.3) is 5.91 Å². The maximum atomic E-state index is 12.3. The largest absolute Gasteiger partial charge is 0.494 e. The molecule has 0 aliphatic carbocycles. The Balaban J connectivity index is 2.03. The van der Waals surface area contributed by atoms with Gasteiger partial charge in [-0.3, -0.25) is 9.69 Å². The SMILES string of the molecule is CCCCOc1ccc(/C=C2\SC(=S)N(CCC)C2=O)cc1. The minimum atomic E-state index is 0.0140. The zero-order valence-corrected chi connectivity index (χ0v) is 14.6. The van der Waals surface area contributed by atoms with Crippen molar-refractivity contribution in [2.45, 2.75) is 33.1 Å². The molecular weight excluding hydrogens is 314 g/mol. The summed E-state index contributed by atoms with van der Waals surface area (Å²) in [7, 11) is 0. The van der Waals surface area contributed by atoms with Gasteiger partial charge in [-0.25, -0.2) is 0 Å². The molecule has 5 heteroatoms. The number of hydrogen-bond acceptors (Lipinski definition) is 4. The fourth-order valence-corrected chi connectivity index (χ4v) is 3.37. The first-order valence-electron chi connectivity index (χ1n) is 7.64. The summed E-state index contributed by atoms with van der Waals surface area (Å²) < 4.78 is 6.29. The van der Waals surface area contributed by atoms with E-state index >= 15 is 0 Å². The van der Waals surface area contributed by atoms with Crippen molar-refractivity contribution in [2.75, 3.05) is 13.2 Å². The van der Waals surface area contributed by atoms with Gasteiger partial charge in [-0.2, -0.15) is 0 Å². The monoisotopic (exact) mass is 335 g/mol. The zero-order valence-electron chi connectivity index (χ0n) is 13.0. The predicted molar refractivity (Wildman–Crippen MR) is 97.0 cm³/mol. The Bertz CT molecular complexity index is 567. The maximum absolute atomic E-state index is 12.3. The van der Waals surface area contributed by atoms with E-state index in [1.54, 1.807) is 4.90 Å². The number of unbranched alkanes of at least 4 members (excludes halogenated alkanes) is 1. The molecular formula is C17H21NO2S2. The molecule has 3 nitrogen and oxygen atoms in total. The minimum absolute atomic E-state index is 0.0140. The van der Waals surface area contributed by atoms with E-state index in [-0.39, 0.29) is 5.91 Å². The number of carbonyl (C=O) groups is 1. The summed E-state index contributed by atoms with van der Waals surface area (Å²) >= 11 is 6.64. The van der Waals surface area contributed by atoms with Crippen molar-refractivity contribution in [1.29, 1.82) is 0 Å². The molecule has 0 unspecified atom stereocenters. The van der Waals surface area contributed by atoms with Crippen molar-refractivity contribution < 1.29 is 9.53 Å². The molecule has 1 fully saturated rings. The van der Waals surface area contributed by atoms with Crippen molar-refractivity contribution >= 4 is 40.3 Å². The Kier molecular flexibility index (Phi) is 6.46. The van der Waals surface area contributed by atoms with Crippen LogP contribution in [0.2, 0.25) is 0 Å². The Morgan fingerprint density at radius 1 is 1.23 bits per heavy atom. The highest BCUT2D eigenvalue weighted by molar-refractivity contribution is 8.26. The molecule has 1 aromatic rings. The van der Waals surface area contributed by atoms with Crippen LogP contribution in [0.25, 0.3) is 6.08 Å². The summed E-state index contributed by atoms with van der Waals surface area (Å²) in [5.74, 6) is 0.879. The van der Waals surface area contributed by atoms with Crippen LogP contribution in [0.1, 0.15) is 38.7 Å². The van der Waals surface area contributed by atoms with Crippen molar-refractivity contribution in [3.63, 3.8) is 0 Å². The predicted octanol–water partition coefficient (Wildman–Crippen LogP) is 4.48. The van der Waals surface area contributed by atoms with Crippen LogP contribution in [-0.2, 0) is 4.79 Å². The lowest BCUT2D eigenvalue weighted by Crippen LogP contribution is -2.28. The molecule has 118 valence electrons. The van der Waals surface area contributed by atoms with E-state index in [4.69, 9.17) is 17.0 Å². The fourth-order valence-electron chi connectivity index (χ4n) is 2.06. The van der Waals surface area contributed by atoms with Crippen molar-refractivity contribution in [1.82, 2.24) is 4.90 Å². The van der Waals surface area contributed by atoms with E-state index < -0.39 is 0 Å². The number of ether oxygens (including phenoxy) is 1. The summed E-state index contributed by atoms with van der Waals surface area (Å²) in [4.78, 5) is 14.6. The average molecular weight is 335 g/mol. The third-order valence-corrected chi connectivity index (χ3v) is 4.64. The van der Waals surface area contributed by atoms with Crippen LogP contribution in [0.4, 0.5) is 0 Å². The van der Waals surface area contributed by atoms with E-state index in [1.807, 2.05) is 37.3 Å². The molecule has 0 aromatic heterocycles. The second kappa shape index (κ2) is 8.34. The highest BCUT2D eigenvalue weighted by Gasteiger charge is 2.30. The van der Waals surface area contributed by atoms with E-state index in [9.17, 15) is 4.79 Å². The smallest absolute Gasteiger partial charge is 0.266 e. The van der Waals surface area contributed by atoms with Crippen LogP contribution in [0, 0.1) is 0 Å². The quantitative estimate of drug-likeness (QED) is 0.417. The van der Waals surface area contributed by atoms with E-state index in [2.05, 4.69) is 6.92 Å². The molecule has 1 heterocycles. The lowest BCUT2D eigenvalue weighted by atomic mass is 10.2. The molecule has 0 radical (unpaired) electrons. The van der Waals surface area contributed by atoms with Crippen molar-refractivity contribution in [3.8, 4) is 5.75 Å². The molecule has 0 spiro atoms. The molecule has 1 aromatic carbocycles. The van der Waals surface area contributed by atoms with Gasteiger partial charge >= 0.3 is 0 Å². The van der Waals surface area contributed by atoms with Gasteiger partial charge in [0.2, 0.25) is 0 Å². The van der Waals surface area contributed by atoms with Crippen LogP contribution in [0.3, 0.4) is 0 Å². The van der Waals surface area contributed by atoms with Crippen molar-refractivity contribution in [2.24, 2.45) is 0 Å². The Labute approximate surface area is 141 Å². The second-order valence-corrected chi connectivity index (χ2v) is 6.78. The summed E-state index contributed by atoms with van der Waals surface area (Å²) in [5, 5.41) is 0. The molecule has 22 heavy (non-hydrogen) atoms. The van der Waals surface area contributed by atoms with Gasteiger partial charge in [0.1, 0.15) is 10.1 Å². The Hall–Kier alpha value is -1.33. The minimum Gasteiger partial charge on any atom is -0.494 e. The first kappa shape index (κ1) is 17.0. The molecule has 2 rings (SSSR count). The van der Waals surface area contributed by atoms with E-state index in [0.29, 0.717) is 15.8 Å². The number of hydrogen-bond donors (Lipinski definition) is 0. The van der Waals surface area contributed by atoms with Gasteiger partial charge in [0, 0.05) is 6.54 Å². The lowest BCUT2D eigenvalue weighted by molar-refractivity contribution is -0.122. The summed E-state index contributed by atoms with van der Waals surface area (Å²) in [6.45, 7) is 5.61. The molecule has 1 aliphatic rings. The van der Waals surface area contributed by atoms with E-state index in [1.165, 1.54) is 11.8 Å². The summed E-state index contributed by atoms with van der Waals surface area (Å²) in [5.41, 5.74) is 0.986. The topological polar surface area (TPSA) is 29.5 Å². The third kappa shape index (κ3) is 4.34. The fraction of sp³-hybridized carbons (Fsp3) is 0.412. The summed E-state index contributed by atoms with van der Waals surface area (Å²) in [6, 6.07) is 7.81. The molecule has 0 atom stereocenters. The molecule has 1 amide bonds. The number of rotatable bonds is 7. The van der Waals surface area contributed by atoms with Gasteiger partial charge in [0.05, 0.1) is 11.5 Å². The van der Waals surface area contributed by atoms with E-state index in [0.717, 1.165) is 37.2 Å². The molecule has 0 N–H and O–H groups in total. The standard InChI is InChI=1S/C17H21NO2S2/c1-3-5-11-20-14-8-6-13(7-9-14)12-15-16(19)18(10-4-2)17(21)22-15/h6-9,12H,3-5,10-11H2,1-2H3/b15-12-. The molecule has 0 bridgehead atoms. The number of thiocarbonyl (C=S) groups is 1. The first-order valence-corrected chi connectivity index (χ1v) is 8.86. The van der Waals surface area contributed by atoms with Crippen LogP contribution in [-0.4, -0.2) is 28.3 Å². The lowest BCUT2D eigenvalue weighted by Gasteiger charge is -2.11. The number of nitrogens with zero attached hydrogens (tertiary/aromatic N) is 1. The average Bonchev–Trinajstić information content (AvgIpc) is 2.77. The van der Waals surface area contributed by atoms with Gasteiger partial charge in [0.15, 0.2) is 0 Å². The van der Waals surface area contributed by atoms with Gasteiger partial charge in [-0.15, -0.1) is 0 Å². The first-order chi connectivity index (χ1) is 10.7. The zero-order chi connectivity index (χ0) is 15.9. The molecule has 1 saturated heterocycles. The summed E-state index contributed by atoms with van der Waals surface area (Å²) in [6.07, 6.45) is 4.98. The third-order valence-electron chi connectivity index (χ3n) is 3.27. The van der Waals surface area contributed by atoms with Crippen LogP contribution < -0.4 is 4.74 Å². The normalized spacial score (nSPS) is 16.6. The number of carbonyl (C=O) groups excluding carboxylic acids is 1. The number of amides is 1. The van der Waals surface area contributed by atoms with Gasteiger partial charge < -0.3 is 4.74 Å². The molecule has 1 aliphatic heterocycles. The van der Waals surface area contributed by atoms with Gasteiger partial charge in [-0.05, 0) is 36.6 Å². The second-order valence-electron chi connectivity index (χ2n) is 5.10. The van der Waals surface area contributed by atoms with Gasteiger partial charge in [-0.1, -0.05) is 56.4 Å². The highest BCUT2D eigenvalue weighted by Crippen LogP contribution is 2.32. The Morgan fingerprint density at radius 2 is 1.95 bits per heavy atom.